The van der Waals surface area contributed by atoms with Crippen molar-refractivity contribution in [2.45, 2.75) is 6.54 Å². The Labute approximate surface area is 111 Å². The monoisotopic (exact) mass is 257 g/mol. The minimum absolute atomic E-state index is 0.481. The number of hydrogen-bond acceptors (Lipinski definition) is 3. The van der Waals surface area contributed by atoms with E-state index >= 15 is 0 Å². The third-order valence-electron chi connectivity index (χ3n) is 2.62. The second-order valence-corrected chi connectivity index (χ2v) is 4.30. The Morgan fingerprint density at radius 3 is 2.56 bits per heavy atom. The molecule has 2 aromatic carbocycles. The second-order valence-electron chi connectivity index (χ2n) is 3.86. The maximum Gasteiger partial charge on any atom is 0.101 e. The van der Waals surface area contributed by atoms with E-state index in [1.54, 1.807) is 12.1 Å². The Balaban J connectivity index is 2.11. The molecule has 0 aliphatic heterocycles. The zero-order chi connectivity index (χ0) is 13.0. The molecule has 0 spiro atoms. The molecule has 3 N–H and O–H groups in total. The summed E-state index contributed by atoms with van der Waals surface area (Å²) in [6.45, 7) is 0.635. The molecule has 3 nitrogen and oxygen atoms in total. The van der Waals surface area contributed by atoms with Crippen molar-refractivity contribution in [1.82, 2.24) is 0 Å². The number of para-hydroxylation sites is 1. The van der Waals surface area contributed by atoms with Gasteiger partial charge in [-0.05, 0) is 29.8 Å². The van der Waals surface area contributed by atoms with Crippen molar-refractivity contribution < 1.29 is 0 Å². The number of nitrogens with two attached hydrogens (primary N) is 1. The summed E-state index contributed by atoms with van der Waals surface area (Å²) in [6.07, 6.45) is 0. The van der Waals surface area contributed by atoms with Gasteiger partial charge in [0.2, 0.25) is 0 Å². The van der Waals surface area contributed by atoms with Crippen LogP contribution < -0.4 is 11.1 Å². The highest BCUT2D eigenvalue weighted by Gasteiger charge is 2.03. The van der Waals surface area contributed by atoms with E-state index in [1.807, 2.05) is 30.3 Å². The zero-order valence-electron chi connectivity index (χ0n) is 9.65. The molecule has 0 heterocycles. The van der Waals surface area contributed by atoms with Gasteiger partial charge in [0.25, 0.3) is 0 Å². The van der Waals surface area contributed by atoms with Crippen molar-refractivity contribution in [1.29, 1.82) is 5.26 Å². The number of halogens is 1. The highest BCUT2D eigenvalue weighted by molar-refractivity contribution is 6.30. The molecule has 18 heavy (non-hydrogen) atoms. The van der Waals surface area contributed by atoms with Gasteiger partial charge in [-0.25, -0.2) is 0 Å². The normalized spacial score (nSPS) is 9.78. The lowest BCUT2D eigenvalue weighted by molar-refractivity contribution is 1.15. The number of nitrogen functional groups attached to an aromatic ring is 1. The van der Waals surface area contributed by atoms with Gasteiger partial charge in [-0.15, -0.1) is 0 Å². The molecule has 0 saturated heterocycles. The van der Waals surface area contributed by atoms with Crippen LogP contribution in [0.5, 0.6) is 0 Å². The quantitative estimate of drug-likeness (QED) is 0.829. The van der Waals surface area contributed by atoms with Gasteiger partial charge in [-0.2, -0.15) is 5.26 Å². The lowest BCUT2D eigenvalue weighted by Gasteiger charge is -2.10. The summed E-state index contributed by atoms with van der Waals surface area (Å²) in [4.78, 5) is 0. The van der Waals surface area contributed by atoms with E-state index in [4.69, 9.17) is 22.6 Å². The molecule has 0 aromatic heterocycles. The fourth-order valence-electron chi connectivity index (χ4n) is 1.62. The lowest BCUT2D eigenvalue weighted by Crippen LogP contribution is -2.03. The standard InChI is InChI=1S/C14H12ClN3/c15-12-6-4-10(5-7-12)9-18-13-3-1-2-11(8-16)14(13)17/h1-7,18H,9,17H2. The summed E-state index contributed by atoms with van der Waals surface area (Å²) in [5.41, 5.74) is 8.70. The van der Waals surface area contributed by atoms with Crippen molar-refractivity contribution >= 4 is 23.0 Å². The van der Waals surface area contributed by atoms with Gasteiger partial charge in [0, 0.05) is 11.6 Å². The van der Waals surface area contributed by atoms with Crippen molar-refractivity contribution in [3.8, 4) is 6.07 Å². The van der Waals surface area contributed by atoms with Gasteiger partial charge < -0.3 is 11.1 Å². The largest absolute Gasteiger partial charge is 0.396 e. The van der Waals surface area contributed by atoms with Crippen LogP contribution in [0, 0.1) is 11.3 Å². The average Bonchev–Trinajstić information content (AvgIpc) is 2.39. The van der Waals surface area contributed by atoms with Crippen LogP contribution in [0.25, 0.3) is 0 Å². The first kappa shape index (κ1) is 12.3. The molecule has 0 fully saturated rings. The Hall–Kier alpha value is -2.18. The Morgan fingerprint density at radius 1 is 1.17 bits per heavy atom. The Kier molecular flexibility index (Phi) is 3.71. The van der Waals surface area contributed by atoms with Crippen LogP contribution in [-0.4, -0.2) is 0 Å². The van der Waals surface area contributed by atoms with Crippen molar-refractivity contribution in [2.24, 2.45) is 0 Å². The maximum atomic E-state index is 8.89. The van der Waals surface area contributed by atoms with Crippen LogP contribution in [0.1, 0.15) is 11.1 Å². The number of nitrogens with zero attached hydrogens (tertiary/aromatic N) is 1. The summed E-state index contributed by atoms with van der Waals surface area (Å²) < 4.78 is 0. The fourth-order valence-corrected chi connectivity index (χ4v) is 1.74. The molecule has 0 aliphatic rings. The second kappa shape index (κ2) is 5.44. The van der Waals surface area contributed by atoms with Gasteiger partial charge in [0.05, 0.1) is 16.9 Å². The zero-order valence-corrected chi connectivity index (χ0v) is 10.4. The Bertz CT molecular complexity index is 585. The smallest absolute Gasteiger partial charge is 0.101 e. The number of anilines is 2. The van der Waals surface area contributed by atoms with E-state index in [2.05, 4.69) is 11.4 Å². The topological polar surface area (TPSA) is 61.8 Å². The minimum atomic E-state index is 0.481. The van der Waals surface area contributed by atoms with Crippen LogP contribution in [0.3, 0.4) is 0 Å². The van der Waals surface area contributed by atoms with Crippen LogP contribution in [-0.2, 0) is 6.54 Å². The number of benzene rings is 2. The summed E-state index contributed by atoms with van der Waals surface area (Å²) in [6, 6.07) is 15.0. The fraction of sp³-hybridized carbons (Fsp3) is 0.0714. The molecular weight excluding hydrogens is 246 g/mol. The summed E-state index contributed by atoms with van der Waals surface area (Å²) in [5, 5.41) is 12.8. The third kappa shape index (κ3) is 2.73. The third-order valence-corrected chi connectivity index (χ3v) is 2.87. The number of nitriles is 1. The van der Waals surface area contributed by atoms with Crippen LogP contribution in [0.4, 0.5) is 11.4 Å². The Morgan fingerprint density at radius 2 is 1.89 bits per heavy atom. The highest BCUT2D eigenvalue weighted by Crippen LogP contribution is 2.22. The first-order valence-electron chi connectivity index (χ1n) is 5.47. The van der Waals surface area contributed by atoms with E-state index in [0.29, 0.717) is 22.8 Å². The number of nitrogens with one attached hydrogen (secondary N) is 1. The molecule has 4 heteroatoms. The first-order valence-corrected chi connectivity index (χ1v) is 5.85. The van der Waals surface area contributed by atoms with Crippen LogP contribution in [0.15, 0.2) is 42.5 Å². The summed E-state index contributed by atoms with van der Waals surface area (Å²) in [5.74, 6) is 0. The van der Waals surface area contributed by atoms with Crippen molar-refractivity contribution in [3.63, 3.8) is 0 Å². The molecule has 0 atom stereocenters. The minimum Gasteiger partial charge on any atom is -0.396 e. The SMILES string of the molecule is N#Cc1cccc(NCc2ccc(Cl)cc2)c1N. The molecule has 0 aliphatic carbocycles. The van der Waals surface area contributed by atoms with Crippen LogP contribution in [0.2, 0.25) is 5.02 Å². The van der Waals surface area contributed by atoms with Gasteiger partial charge in [-0.3, -0.25) is 0 Å². The maximum absolute atomic E-state index is 8.89. The van der Waals surface area contributed by atoms with Crippen molar-refractivity contribution in [3.05, 3.63) is 58.6 Å². The number of hydrogen-bond donors (Lipinski definition) is 2. The van der Waals surface area contributed by atoms with Gasteiger partial charge >= 0.3 is 0 Å². The molecule has 0 saturated carbocycles. The lowest BCUT2D eigenvalue weighted by atomic mass is 10.1. The predicted molar refractivity (Wildman–Crippen MR) is 74.3 cm³/mol. The van der Waals surface area contributed by atoms with E-state index in [0.717, 1.165) is 11.3 Å². The molecule has 2 aromatic rings. The molecular formula is C14H12ClN3. The molecule has 0 bridgehead atoms. The first-order chi connectivity index (χ1) is 8.70. The molecule has 0 radical (unpaired) electrons. The molecule has 0 amide bonds. The van der Waals surface area contributed by atoms with E-state index in [9.17, 15) is 0 Å². The van der Waals surface area contributed by atoms with Crippen LogP contribution >= 0.6 is 11.6 Å². The molecule has 2 rings (SSSR count). The molecule has 90 valence electrons. The highest BCUT2D eigenvalue weighted by atomic mass is 35.5. The predicted octanol–water partition coefficient (Wildman–Crippen LogP) is 3.41. The van der Waals surface area contributed by atoms with E-state index in [-0.39, 0.29) is 0 Å². The van der Waals surface area contributed by atoms with E-state index in [1.165, 1.54) is 0 Å². The number of rotatable bonds is 3. The molecule has 0 unspecified atom stereocenters. The summed E-state index contributed by atoms with van der Waals surface area (Å²) >= 11 is 5.82. The van der Waals surface area contributed by atoms with Crippen molar-refractivity contribution in [2.75, 3.05) is 11.1 Å². The van der Waals surface area contributed by atoms with Gasteiger partial charge in [-0.1, -0.05) is 29.8 Å². The van der Waals surface area contributed by atoms with E-state index < -0.39 is 0 Å². The van der Waals surface area contributed by atoms with Gasteiger partial charge in [0.15, 0.2) is 0 Å². The van der Waals surface area contributed by atoms with Gasteiger partial charge in [0.1, 0.15) is 6.07 Å². The summed E-state index contributed by atoms with van der Waals surface area (Å²) in [7, 11) is 0. The average molecular weight is 258 g/mol.